The van der Waals surface area contributed by atoms with E-state index in [4.69, 9.17) is 31.6 Å². The highest BCUT2D eigenvalue weighted by Gasteiger charge is 2.51. The molecule has 3 heterocycles. The van der Waals surface area contributed by atoms with Crippen molar-refractivity contribution < 1.29 is 14.3 Å². The van der Waals surface area contributed by atoms with E-state index in [1.165, 1.54) is 5.06 Å². The quantitative estimate of drug-likeness (QED) is 0.702. The van der Waals surface area contributed by atoms with Crippen LogP contribution in [0.1, 0.15) is 38.7 Å². The summed E-state index contributed by atoms with van der Waals surface area (Å²) in [6.45, 7) is 12.3. The highest BCUT2D eigenvalue weighted by molar-refractivity contribution is 5.79. The molecule has 3 unspecified atom stereocenters. The molecule has 3 atom stereocenters. The largest absolute Gasteiger partial charge is 0.489 e. The monoisotopic (exact) mass is 432 g/mol. The number of ether oxygens (including phenoxy) is 2. The normalized spacial score (nSPS) is 28.6. The van der Waals surface area contributed by atoms with Crippen LogP contribution in [-0.4, -0.2) is 36.4 Å². The molecule has 3 aliphatic heterocycles. The highest BCUT2D eigenvalue weighted by Crippen LogP contribution is 2.50. The van der Waals surface area contributed by atoms with Gasteiger partial charge in [0, 0.05) is 26.0 Å². The SMILES string of the molecule is [C-]#[N+]c1cccc(-c2ccc3c(c2)C2(CC(C4CCOC(C)(C)C4)O3)N=C(N)N(C)O2)c1. The van der Waals surface area contributed by atoms with Gasteiger partial charge in [-0.1, -0.05) is 24.3 Å². The number of hydrogen-bond acceptors (Lipinski definition) is 6. The summed E-state index contributed by atoms with van der Waals surface area (Å²) < 4.78 is 12.5. The summed E-state index contributed by atoms with van der Waals surface area (Å²) in [6, 6.07) is 13.7. The molecule has 5 rings (SSSR count). The third-order valence-corrected chi connectivity index (χ3v) is 6.63. The summed E-state index contributed by atoms with van der Waals surface area (Å²) >= 11 is 0. The number of benzene rings is 2. The minimum absolute atomic E-state index is 0.0509. The molecule has 7 heteroatoms. The molecule has 0 radical (unpaired) electrons. The molecule has 7 nitrogen and oxygen atoms in total. The van der Waals surface area contributed by atoms with Crippen LogP contribution in [0.3, 0.4) is 0 Å². The number of rotatable bonds is 2. The molecule has 3 aliphatic rings. The maximum atomic E-state index is 7.32. The first kappa shape index (κ1) is 20.8. The van der Waals surface area contributed by atoms with E-state index in [2.05, 4.69) is 24.8 Å². The van der Waals surface area contributed by atoms with Crippen LogP contribution in [0, 0.1) is 12.5 Å². The number of nitrogens with zero attached hydrogens (tertiary/aromatic N) is 3. The van der Waals surface area contributed by atoms with Crippen molar-refractivity contribution in [3.63, 3.8) is 0 Å². The van der Waals surface area contributed by atoms with E-state index in [1.807, 2.05) is 30.3 Å². The zero-order valence-corrected chi connectivity index (χ0v) is 18.7. The van der Waals surface area contributed by atoms with Gasteiger partial charge in [-0.2, -0.15) is 0 Å². The predicted molar refractivity (Wildman–Crippen MR) is 122 cm³/mol. The number of hydrogen-bond donors (Lipinski definition) is 1. The molecule has 1 spiro atoms. The average molecular weight is 433 g/mol. The molecule has 166 valence electrons. The molecule has 1 saturated heterocycles. The van der Waals surface area contributed by atoms with Crippen LogP contribution in [0.5, 0.6) is 5.75 Å². The summed E-state index contributed by atoms with van der Waals surface area (Å²) in [5.74, 6) is 1.46. The molecule has 1 fully saturated rings. The molecule has 0 bridgehead atoms. The van der Waals surface area contributed by atoms with Crippen LogP contribution in [0.15, 0.2) is 47.5 Å². The van der Waals surface area contributed by atoms with E-state index in [0.717, 1.165) is 41.9 Å². The molecule has 2 N–H and O–H groups in total. The Morgan fingerprint density at radius 3 is 2.69 bits per heavy atom. The molecule has 2 aromatic carbocycles. The zero-order chi connectivity index (χ0) is 22.5. The predicted octanol–water partition coefficient (Wildman–Crippen LogP) is 4.61. The minimum Gasteiger partial charge on any atom is -0.489 e. The van der Waals surface area contributed by atoms with Crippen molar-refractivity contribution in [3.05, 3.63) is 59.4 Å². The van der Waals surface area contributed by atoms with Gasteiger partial charge in [-0.15, -0.1) is 0 Å². The van der Waals surface area contributed by atoms with Gasteiger partial charge in [0.1, 0.15) is 11.9 Å². The van der Waals surface area contributed by atoms with Gasteiger partial charge in [-0.3, -0.25) is 0 Å². The fourth-order valence-electron chi connectivity index (χ4n) is 5.06. The lowest BCUT2D eigenvalue weighted by molar-refractivity contribution is -0.198. The van der Waals surface area contributed by atoms with Gasteiger partial charge in [-0.05, 0) is 56.0 Å². The van der Waals surface area contributed by atoms with Gasteiger partial charge in [0.2, 0.25) is 11.7 Å². The Hall–Kier alpha value is -3.08. The van der Waals surface area contributed by atoms with Gasteiger partial charge < -0.3 is 15.2 Å². The average Bonchev–Trinajstić information content (AvgIpc) is 3.06. The highest BCUT2D eigenvalue weighted by atomic mass is 16.7. The third kappa shape index (κ3) is 3.60. The van der Waals surface area contributed by atoms with E-state index in [0.29, 0.717) is 24.0 Å². The van der Waals surface area contributed by atoms with Gasteiger partial charge in [0.05, 0.1) is 17.7 Å². The molecule has 0 aliphatic carbocycles. The van der Waals surface area contributed by atoms with Crippen LogP contribution >= 0.6 is 0 Å². The molecule has 0 saturated carbocycles. The van der Waals surface area contributed by atoms with Crippen LogP contribution in [-0.2, 0) is 15.3 Å². The zero-order valence-electron chi connectivity index (χ0n) is 18.7. The van der Waals surface area contributed by atoms with Crippen LogP contribution in [0.25, 0.3) is 16.0 Å². The van der Waals surface area contributed by atoms with Crippen molar-refractivity contribution in [2.45, 2.75) is 50.5 Å². The van der Waals surface area contributed by atoms with Crippen molar-refractivity contribution in [1.29, 1.82) is 0 Å². The van der Waals surface area contributed by atoms with Crippen LogP contribution in [0.2, 0.25) is 0 Å². The Morgan fingerprint density at radius 1 is 1.16 bits per heavy atom. The smallest absolute Gasteiger partial charge is 0.221 e. The van der Waals surface area contributed by atoms with Crippen molar-refractivity contribution in [2.24, 2.45) is 16.6 Å². The van der Waals surface area contributed by atoms with E-state index in [-0.39, 0.29) is 11.7 Å². The number of fused-ring (bicyclic) bond motifs is 2. The number of aliphatic imine (C=N–C) groups is 1. The van der Waals surface area contributed by atoms with Gasteiger partial charge in [0.25, 0.3) is 0 Å². The third-order valence-electron chi connectivity index (χ3n) is 6.63. The summed E-state index contributed by atoms with van der Waals surface area (Å²) in [4.78, 5) is 14.6. The Morgan fingerprint density at radius 2 is 1.97 bits per heavy atom. The number of guanidine groups is 1. The van der Waals surface area contributed by atoms with Crippen molar-refractivity contribution in [2.75, 3.05) is 13.7 Å². The molecule has 32 heavy (non-hydrogen) atoms. The number of nitrogens with two attached hydrogens (primary N) is 1. The molecule has 0 amide bonds. The fraction of sp³-hybridized carbons (Fsp3) is 0.440. The van der Waals surface area contributed by atoms with Crippen molar-refractivity contribution >= 4 is 11.6 Å². The van der Waals surface area contributed by atoms with Crippen LogP contribution in [0.4, 0.5) is 5.69 Å². The summed E-state index contributed by atoms with van der Waals surface area (Å²) in [5.41, 5.74) is 8.47. The maximum absolute atomic E-state index is 7.32. The van der Waals surface area contributed by atoms with Crippen LogP contribution < -0.4 is 10.5 Å². The second-order valence-electron chi connectivity index (χ2n) is 9.44. The van der Waals surface area contributed by atoms with E-state index in [9.17, 15) is 0 Å². The number of hydroxylamine groups is 2. The van der Waals surface area contributed by atoms with Crippen molar-refractivity contribution in [3.8, 4) is 16.9 Å². The second kappa shape index (κ2) is 7.51. The standard InChI is InChI=1S/C25H28N4O3/c1-24(2)14-18(10-11-30-24)22-15-25(28-23(26)29(4)32-25)20-13-17(8-9-21(20)31-22)16-6-5-7-19(12-16)27-3/h5-9,12-13,18,22H,10-11,14-15H2,1-2,4H3,(H2,26,28). The second-order valence-corrected chi connectivity index (χ2v) is 9.44. The Balaban J connectivity index is 1.56. The Labute approximate surface area is 188 Å². The first-order chi connectivity index (χ1) is 15.3. The minimum atomic E-state index is -0.924. The Bertz CT molecular complexity index is 1120. The summed E-state index contributed by atoms with van der Waals surface area (Å²) in [5, 5.41) is 1.53. The van der Waals surface area contributed by atoms with Gasteiger partial charge in [-0.25, -0.2) is 19.7 Å². The molecule has 0 aromatic heterocycles. The fourth-order valence-corrected chi connectivity index (χ4v) is 5.06. The lowest BCUT2D eigenvalue weighted by atomic mass is 9.79. The topological polar surface area (TPSA) is 73.7 Å². The lowest BCUT2D eigenvalue weighted by Crippen LogP contribution is -2.46. The Kier molecular flexibility index (Phi) is 4.88. The molecular formula is C25H28N4O3. The first-order valence-electron chi connectivity index (χ1n) is 11.0. The summed E-state index contributed by atoms with van der Waals surface area (Å²) in [6.07, 6.45) is 2.39. The van der Waals surface area contributed by atoms with E-state index >= 15 is 0 Å². The van der Waals surface area contributed by atoms with Gasteiger partial charge in [0.15, 0.2) is 5.69 Å². The van der Waals surface area contributed by atoms with E-state index in [1.54, 1.807) is 13.1 Å². The molecular weight excluding hydrogens is 404 g/mol. The van der Waals surface area contributed by atoms with Gasteiger partial charge >= 0.3 is 0 Å². The summed E-state index contributed by atoms with van der Waals surface area (Å²) in [7, 11) is 1.78. The van der Waals surface area contributed by atoms with Crippen molar-refractivity contribution in [1.82, 2.24) is 5.06 Å². The van der Waals surface area contributed by atoms with E-state index < -0.39 is 5.72 Å². The first-order valence-corrected chi connectivity index (χ1v) is 11.0. The maximum Gasteiger partial charge on any atom is 0.221 e. The lowest BCUT2D eigenvalue weighted by Gasteiger charge is -2.44. The molecule has 2 aromatic rings.